The second-order valence-electron chi connectivity index (χ2n) is 9.33. The van der Waals surface area contributed by atoms with Crippen LogP contribution >= 0.6 is 0 Å². The van der Waals surface area contributed by atoms with Crippen molar-refractivity contribution in [2.45, 2.75) is 83.5 Å². The molecule has 33 heavy (non-hydrogen) atoms. The van der Waals surface area contributed by atoms with Gasteiger partial charge in [-0.2, -0.15) is 5.26 Å². The van der Waals surface area contributed by atoms with Crippen LogP contribution in [0.25, 0.3) is 0 Å². The summed E-state index contributed by atoms with van der Waals surface area (Å²) in [6.07, 6.45) is 4.11. The van der Waals surface area contributed by atoms with E-state index in [2.05, 4.69) is 10.6 Å². The lowest BCUT2D eigenvalue weighted by atomic mass is 9.94. The molecule has 0 heterocycles. The van der Waals surface area contributed by atoms with Crippen LogP contribution in [-0.4, -0.2) is 52.1 Å². The number of hydrogen-bond acceptors (Lipinski definition) is 6. The Morgan fingerprint density at radius 3 is 2.33 bits per heavy atom. The van der Waals surface area contributed by atoms with Crippen molar-refractivity contribution in [3.05, 3.63) is 29.8 Å². The largest absolute Gasteiger partial charge is 0.508 e. The predicted octanol–water partition coefficient (Wildman–Crippen LogP) is 3.15. The number of aromatic hydroxyl groups is 1. The lowest BCUT2D eigenvalue weighted by Crippen LogP contribution is -2.53. The quantitative estimate of drug-likeness (QED) is 0.538. The Morgan fingerprint density at radius 1 is 1.18 bits per heavy atom. The summed E-state index contributed by atoms with van der Waals surface area (Å²) >= 11 is 0. The molecule has 1 aromatic carbocycles. The van der Waals surface area contributed by atoms with E-state index < -0.39 is 35.6 Å². The monoisotopic (exact) mass is 458 g/mol. The normalized spacial score (nSPS) is 16.1. The van der Waals surface area contributed by atoms with Gasteiger partial charge in [0.15, 0.2) is 0 Å². The Labute approximate surface area is 195 Å². The second kappa shape index (κ2) is 11.5. The molecule has 180 valence electrons. The number of amides is 3. The summed E-state index contributed by atoms with van der Waals surface area (Å²) in [6.45, 7) is 6.23. The van der Waals surface area contributed by atoms with Gasteiger partial charge in [-0.15, -0.1) is 0 Å². The fourth-order valence-electron chi connectivity index (χ4n) is 3.82. The van der Waals surface area contributed by atoms with Crippen molar-refractivity contribution < 1.29 is 24.2 Å². The van der Waals surface area contributed by atoms with Crippen molar-refractivity contribution in [1.82, 2.24) is 15.5 Å². The molecule has 0 spiro atoms. The minimum Gasteiger partial charge on any atom is -0.508 e. The molecule has 1 aliphatic rings. The van der Waals surface area contributed by atoms with Gasteiger partial charge in [0.2, 0.25) is 11.8 Å². The van der Waals surface area contributed by atoms with E-state index in [1.165, 1.54) is 19.1 Å². The van der Waals surface area contributed by atoms with Crippen LogP contribution in [0.1, 0.15) is 71.4 Å². The first-order chi connectivity index (χ1) is 15.5. The summed E-state index contributed by atoms with van der Waals surface area (Å²) in [5, 5.41) is 24.6. The topological polar surface area (TPSA) is 132 Å². The first-order valence-corrected chi connectivity index (χ1v) is 11.3. The first kappa shape index (κ1) is 26.0. The van der Waals surface area contributed by atoms with E-state index in [-0.39, 0.29) is 18.3 Å². The lowest BCUT2D eigenvalue weighted by molar-refractivity contribution is -0.141. The third-order valence-electron chi connectivity index (χ3n) is 5.35. The number of nitrogens with one attached hydrogen (secondary N) is 2. The minimum absolute atomic E-state index is 0.00205. The lowest BCUT2D eigenvalue weighted by Gasteiger charge is -2.33. The zero-order valence-corrected chi connectivity index (χ0v) is 19.8. The van der Waals surface area contributed by atoms with Gasteiger partial charge < -0.3 is 25.4 Å². The van der Waals surface area contributed by atoms with Crippen LogP contribution < -0.4 is 10.6 Å². The summed E-state index contributed by atoms with van der Waals surface area (Å²) in [5.41, 5.74) is -0.289. The zero-order chi connectivity index (χ0) is 24.6. The average Bonchev–Trinajstić information content (AvgIpc) is 2.73. The van der Waals surface area contributed by atoms with Crippen LogP contribution in [0.15, 0.2) is 24.3 Å². The molecule has 9 nitrogen and oxygen atoms in total. The predicted molar refractivity (Wildman–Crippen MR) is 122 cm³/mol. The molecule has 3 amide bonds. The average molecular weight is 459 g/mol. The molecule has 0 aliphatic heterocycles. The van der Waals surface area contributed by atoms with Gasteiger partial charge in [0.1, 0.15) is 30.0 Å². The minimum atomic E-state index is -1.09. The van der Waals surface area contributed by atoms with Gasteiger partial charge in [-0.1, -0.05) is 31.4 Å². The van der Waals surface area contributed by atoms with E-state index >= 15 is 0 Å². The van der Waals surface area contributed by atoms with E-state index in [1.54, 1.807) is 32.9 Å². The third-order valence-corrected chi connectivity index (χ3v) is 5.35. The SMILES string of the molecule is CC(NC(=O)OC(C)(C)C)C(=O)N(CC#N)C(C(=O)NC1CCCCC1)c1ccc(O)cc1. The number of benzene rings is 1. The molecule has 2 rings (SSSR count). The Kier molecular flexibility index (Phi) is 9.09. The maximum Gasteiger partial charge on any atom is 0.408 e. The Hall–Kier alpha value is -3.28. The molecular weight excluding hydrogens is 424 g/mol. The van der Waals surface area contributed by atoms with E-state index in [1.807, 2.05) is 6.07 Å². The number of ether oxygens (including phenoxy) is 1. The number of rotatable bonds is 7. The summed E-state index contributed by atoms with van der Waals surface area (Å²) in [6, 6.07) is 5.76. The number of carbonyl (C=O) groups is 3. The van der Waals surface area contributed by atoms with Gasteiger partial charge in [-0.05, 0) is 58.2 Å². The molecule has 9 heteroatoms. The number of hydrogen-bond donors (Lipinski definition) is 3. The molecule has 2 atom stereocenters. The molecule has 0 radical (unpaired) electrons. The van der Waals surface area contributed by atoms with Crippen molar-refractivity contribution in [3.8, 4) is 11.8 Å². The molecule has 2 unspecified atom stereocenters. The van der Waals surface area contributed by atoms with Crippen LogP contribution in [0.3, 0.4) is 0 Å². The highest BCUT2D eigenvalue weighted by Gasteiger charge is 2.35. The van der Waals surface area contributed by atoms with Crippen LogP contribution in [0.4, 0.5) is 4.79 Å². The van der Waals surface area contributed by atoms with Gasteiger partial charge in [0.25, 0.3) is 0 Å². The second-order valence-corrected chi connectivity index (χ2v) is 9.33. The molecule has 1 saturated carbocycles. The number of carbonyl (C=O) groups excluding carboxylic acids is 3. The van der Waals surface area contributed by atoms with Crippen molar-refractivity contribution in [2.75, 3.05) is 6.54 Å². The number of alkyl carbamates (subject to hydrolysis) is 1. The van der Waals surface area contributed by atoms with E-state index in [0.29, 0.717) is 5.56 Å². The Bertz CT molecular complexity index is 866. The zero-order valence-electron chi connectivity index (χ0n) is 19.8. The maximum absolute atomic E-state index is 13.4. The number of phenols is 1. The third kappa shape index (κ3) is 7.97. The van der Waals surface area contributed by atoms with Crippen molar-refractivity contribution in [2.24, 2.45) is 0 Å². The van der Waals surface area contributed by atoms with Crippen LogP contribution in [0, 0.1) is 11.3 Å². The molecule has 1 fully saturated rings. The molecule has 0 saturated heterocycles. The van der Waals surface area contributed by atoms with E-state index in [4.69, 9.17) is 4.74 Å². The van der Waals surface area contributed by atoms with Crippen molar-refractivity contribution in [1.29, 1.82) is 5.26 Å². The van der Waals surface area contributed by atoms with Gasteiger partial charge in [-0.25, -0.2) is 4.79 Å². The number of nitriles is 1. The fraction of sp³-hybridized carbons (Fsp3) is 0.583. The molecule has 1 aliphatic carbocycles. The van der Waals surface area contributed by atoms with Gasteiger partial charge in [0.05, 0.1) is 6.07 Å². The molecule has 0 bridgehead atoms. The summed E-state index contributed by atoms with van der Waals surface area (Å²) < 4.78 is 5.21. The number of nitrogens with zero attached hydrogens (tertiary/aromatic N) is 2. The fourth-order valence-corrected chi connectivity index (χ4v) is 3.82. The van der Waals surface area contributed by atoms with Gasteiger partial charge in [-0.3, -0.25) is 9.59 Å². The smallest absolute Gasteiger partial charge is 0.408 e. The Balaban J connectivity index is 2.29. The highest BCUT2D eigenvalue weighted by atomic mass is 16.6. The summed E-state index contributed by atoms with van der Waals surface area (Å²) in [4.78, 5) is 39.9. The highest BCUT2D eigenvalue weighted by molar-refractivity contribution is 5.92. The number of phenolic OH excluding ortho intramolecular Hbond substituents is 1. The van der Waals surface area contributed by atoms with Crippen LogP contribution in [0.2, 0.25) is 0 Å². The van der Waals surface area contributed by atoms with Gasteiger partial charge >= 0.3 is 6.09 Å². The van der Waals surface area contributed by atoms with Gasteiger partial charge in [0, 0.05) is 6.04 Å². The van der Waals surface area contributed by atoms with Crippen LogP contribution in [-0.2, 0) is 14.3 Å². The molecule has 1 aromatic rings. The Morgan fingerprint density at radius 2 is 1.79 bits per heavy atom. The van der Waals surface area contributed by atoms with Crippen LogP contribution in [0.5, 0.6) is 5.75 Å². The first-order valence-electron chi connectivity index (χ1n) is 11.3. The van der Waals surface area contributed by atoms with E-state index in [9.17, 15) is 24.8 Å². The molecule has 0 aromatic heterocycles. The maximum atomic E-state index is 13.4. The molecule has 3 N–H and O–H groups in total. The highest BCUT2D eigenvalue weighted by Crippen LogP contribution is 2.26. The summed E-state index contributed by atoms with van der Waals surface area (Å²) in [5.74, 6) is -0.983. The van der Waals surface area contributed by atoms with Crippen molar-refractivity contribution in [3.63, 3.8) is 0 Å². The summed E-state index contributed by atoms with van der Waals surface area (Å²) in [7, 11) is 0. The standard InChI is InChI=1S/C24H34N4O5/c1-16(26-23(32)33-24(2,3)4)22(31)28(15-14-25)20(17-10-12-19(29)13-11-17)21(30)27-18-8-6-5-7-9-18/h10-13,16,18,20,29H,5-9,15H2,1-4H3,(H,26,32)(H,27,30). The van der Waals surface area contributed by atoms with E-state index in [0.717, 1.165) is 37.0 Å². The van der Waals surface area contributed by atoms with Crippen molar-refractivity contribution >= 4 is 17.9 Å². The molecular formula is C24H34N4O5.